The zero-order valence-electron chi connectivity index (χ0n) is 12.5. The van der Waals surface area contributed by atoms with Crippen LogP contribution in [0.25, 0.3) is 0 Å². The normalized spacial score (nSPS) is 18.0. The molecule has 0 aliphatic carbocycles. The number of aliphatic hydroxyl groups is 1. The Morgan fingerprint density at radius 2 is 1.83 bits per heavy atom. The number of amides is 1. The van der Waals surface area contributed by atoms with E-state index in [4.69, 9.17) is 11.6 Å². The number of aliphatic hydroxyl groups excluding tert-OH is 1. The van der Waals surface area contributed by atoms with E-state index in [1.807, 2.05) is 12.1 Å². The lowest BCUT2D eigenvalue weighted by Gasteiger charge is -2.34. The standard InChI is InChI=1S/C16H19ClF3NO2/c17-13-4-1-11(2-5-13)3-6-14(22)21-9-7-12(8-10-21)15(23)16(18,19)20/h1-2,4-5,12,15,23H,3,6-10H2. The van der Waals surface area contributed by atoms with Gasteiger partial charge in [-0.2, -0.15) is 13.2 Å². The molecule has 0 aromatic heterocycles. The highest BCUT2D eigenvalue weighted by atomic mass is 35.5. The lowest BCUT2D eigenvalue weighted by atomic mass is 9.90. The number of nitrogens with zero attached hydrogens (tertiary/aromatic N) is 1. The third-order valence-electron chi connectivity index (χ3n) is 4.22. The fourth-order valence-electron chi connectivity index (χ4n) is 2.79. The number of rotatable bonds is 4. The van der Waals surface area contributed by atoms with Crippen LogP contribution in [0.15, 0.2) is 24.3 Å². The van der Waals surface area contributed by atoms with E-state index in [1.54, 1.807) is 17.0 Å². The van der Waals surface area contributed by atoms with Gasteiger partial charge in [0.1, 0.15) is 0 Å². The molecular formula is C16H19ClF3NO2. The van der Waals surface area contributed by atoms with Crippen LogP contribution >= 0.6 is 11.6 Å². The number of alkyl halides is 3. The molecule has 128 valence electrons. The maximum absolute atomic E-state index is 12.5. The molecule has 1 fully saturated rings. The molecule has 0 saturated carbocycles. The number of benzene rings is 1. The van der Waals surface area contributed by atoms with Gasteiger partial charge in [0.25, 0.3) is 0 Å². The Kier molecular flexibility index (Phi) is 5.92. The Bertz CT molecular complexity index is 525. The van der Waals surface area contributed by atoms with Crippen LogP contribution in [0.5, 0.6) is 0 Å². The molecule has 0 radical (unpaired) electrons. The summed E-state index contributed by atoms with van der Waals surface area (Å²) in [6, 6.07) is 7.21. The van der Waals surface area contributed by atoms with E-state index < -0.39 is 18.2 Å². The van der Waals surface area contributed by atoms with Crippen LogP contribution < -0.4 is 0 Å². The number of hydrogen-bond donors (Lipinski definition) is 1. The van der Waals surface area contributed by atoms with Crippen LogP contribution in [-0.4, -0.2) is 41.3 Å². The second-order valence-electron chi connectivity index (χ2n) is 5.83. The monoisotopic (exact) mass is 349 g/mol. The molecule has 1 saturated heterocycles. The third-order valence-corrected chi connectivity index (χ3v) is 4.47. The van der Waals surface area contributed by atoms with Gasteiger partial charge in [-0.3, -0.25) is 4.79 Å². The molecule has 1 aliphatic rings. The average Bonchev–Trinajstić information content (AvgIpc) is 2.52. The lowest BCUT2D eigenvalue weighted by molar-refractivity contribution is -0.222. The van der Waals surface area contributed by atoms with Gasteiger partial charge in [-0.1, -0.05) is 23.7 Å². The van der Waals surface area contributed by atoms with Crippen LogP contribution in [0, 0.1) is 5.92 Å². The topological polar surface area (TPSA) is 40.5 Å². The number of halogens is 4. The quantitative estimate of drug-likeness (QED) is 0.904. The van der Waals surface area contributed by atoms with Crippen molar-refractivity contribution in [1.82, 2.24) is 4.90 Å². The molecule has 1 aromatic rings. The maximum Gasteiger partial charge on any atom is 0.414 e. The van der Waals surface area contributed by atoms with Gasteiger partial charge in [0, 0.05) is 24.5 Å². The van der Waals surface area contributed by atoms with E-state index in [1.165, 1.54) is 0 Å². The Labute approximate surface area is 138 Å². The summed E-state index contributed by atoms with van der Waals surface area (Å²) in [6.07, 6.45) is -5.66. The van der Waals surface area contributed by atoms with Crippen molar-refractivity contribution in [2.45, 2.75) is 38.0 Å². The van der Waals surface area contributed by atoms with E-state index in [9.17, 15) is 23.1 Å². The van der Waals surface area contributed by atoms with E-state index in [0.717, 1.165) is 5.56 Å². The minimum absolute atomic E-state index is 0.0695. The number of likely N-dealkylation sites (tertiary alicyclic amines) is 1. The molecule has 1 aromatic carbocycles. The zero-order valence-corrected chi connectivity index (χ0v) is 13.3. The Hall–Kier alpha value is -1.27. The summed E-state index contributed by atoms with van der Waals surface area (Å²) in [5.41, 5.74) is 0.991. The first-order chi connectivity index (χ1) is 10.8. The lowest BCUT2D eigenvalue weighted by Crippen LogP contribution is -2.45. The molecule has 3 nitrogen and oxygen atoms in total. The van der Waals surface area contributed by atoms with Crippen LogP contribution in [0.4, 0.5) is 13.2 Å². The predicted molar refractivity (Wildman–Crippen MR) is 81.1 cm³/mol. The summed E-state index contributed by atoms with van der Waals surface area (Å²) >= 11 is 5.79. The van der Waals surface area contributed by atoms with Gasteiger partial charge in [-0.05, 0) is 42.9 Å². The number of carbonyl (C=O) groups excluding carboxylic acids is 1. The van der Waals surface area contributed by atoms with Crippen molar-refractivity contribution in [2.75, 3.05) is 13.1 Å². The van der Waals surface area contributed by atoms with Crippen LogP contribution in [0.3, 0.4) is 0 Å². The van der Waals surface area contributed by atoms with Crippen molar-refractivity contribution in [1.29, 1.82) is 0 Å². The average molecular weight is 350 g/mol. The summed E-state index contributed by atoms with van der Waals surface area (Å²) in [6.45, 7) is 0.522. The predicted octanol–water partition coefficient (Wildman–Crippen LogP) is 3.43. The SMILES string of the molecule is O=C(CCc1ccc(Cl)cc1)N1CCC(C(O)C(F)(F)F)CC1. The summed E-state index contributed by atoms with van der Waals surface area (Å²) < 4.78 is 37.5. The molecule has 1 heterocycles. The highest BCUT2D eigenvalue weighted by Gasteiger charge is 2.44. The number of aryl methyl sites for hydroxylation is 1. The van der Waals surface area contributed by atoms with Gasteiger partial charge in [0.2, 0.25) is 5.91 Å². The number of carbonyl (C=O) groups is 1. The van der Waals surface area contributed by atoms with Gasteiger partial charge in [-0.15, -0.1) is 0 Å². The molecule has 1 atom stereocenters. The van der Waals surface area contributed by atoms with Crippen molar-refractivity contribution >= 4 is 17.5 Å². The fourth-order valence-corrected chi connectivity index (χ4v) is 2.92. The van der Waals surface area contributed by atoms with Gasteiger partial charge in [0.15, 0.2) is 6.10 Å². The second-order valence-corrected chi connectivity index (χ2v) is 6.27. The molecule has 1 aliphatic heterocycles. The molecule has 0 spiro atoms. The first-order valence-corrected chi connectivity index (χ1v) is 7.92. The fraction of sp³-hybridized carbons (Fsp3) is 0.562. The molecule has 23 heavy (non-hydrogen) atoms. The largest absolute Gasteiger partial charge is 0.414 e. The summed E-state index contributed by atoms with van der Waals surface area (Å²) in [5.74, 6) is -0.893. The Balaban J connectivity index is 1.78. The van der Waals surface area contributed by atoms with Gasteiger partial charge < -0.3 is 10.0 Å². The maximum atomic E-state index is 12.5. The highest BCUT2D eigenvalue weighted by molar-refractivity contribution is 6.30. The van der Waals surface area contributed by atoms with Crippen molar-refractivity contribution in [3.63, 3.8) is 0 Å². The van der Waals surface area contributed by atoms with E-state index in [-0.39, 0.29) is 31.8 Å². The molecular weight excluding hydrogens is 331 g/mol. The van der Waals surface area contributed by atoms with Crippen molar-refractivity contribution in [3.8, 4) is 0 Å². The Morgan fingerprint density at radius 1 is 1.26 bits per heavy atom. The molecule has 1 unspecified atom stereocenters. The minimum atomic E-state index is -4.59. The zero-order chi connectivity index (χ0) is 17.0. The second kappa shape index (κ2) is 7.53. The van der Waals surface area contributed by atoms with Gasteiger partial charge in [-0.25, -0.2) is 0 Å². The molecule has 1 amide bonds. The van der Waals surface area contributed by atoms with Crippen molar-refractivity contribution in [3.05, 3.63) is 34.9 Å². The number of hydrogen-bond acceptors (Lipinski definition) is 2. The van der Waals surface area contributed by atoms with Gasteiger partial charge in [0.05, 0.1) is 0 Å². The first-order valence-electron chi connectivity index (χ1n) is 7.54. The van der Waals surface area contributed by atoms with Gasteiger partial charge >= 0.3 is 6.18 Å². The van der Waals surface area contributed by atoms with Crippen LogP contribution in [0.2, 0.25) is 5.02 Å². The molecule has 7 heteroatoms. The van der Waals surface area contributed by atoms with Crippen molar-refractivity contribution < 1.29 is 23.1 Å². The summed E-state index contributed by atoms with van der Waals surface area (Å²) in [4.78, 5) is 13.7. The number of piperidine rings is 1. The molecule has 1 N–H and O–H groups in total. The van der Waals surface area contributed by atoms with E-state index in [2.05, 4.69) is 0 Å². The van der Waals surface area contributed by atoms with Crippen LogP contribution in [0.1, 0.15) is 24.8 Å². The highest BCUT2D eigenvalue weighted by Crippen LogP contribution is 2.31. The van der Waals surface area contributed by atoms with Crippen molar-refractivity contribution in [2.24, 2.45) is 5.92 Å². The summed E-state index contributed by atoms with van der Waals surface area (Å²) in [7, 11) is 0. The minimum Gasteiger partial charge on any atom is -0.383 e. The van der Waals surface area contributed by atoms with E-state index >= 15 is 0 Å². The third kappa shape index (κ3) is 5.11. The van der Waals surface area contributed by atoms with Crippen LogP contribution in [-0.2, 0) is 11.2 Å². The molecule has 2 rings (SSSR count). The van der Waals surface area contributed by atoms with E-state index in [0.29, 0.717) is 17.9 Å². The smallest absolute Gasteiger partial charge is 0.383 e. The summed E-state index contributed by atoms with van der Waals surface area (Å²) in [5, 5.41) is 9.90. The molecule has 0 bridgehead atoms. The Morgan fingerprint density at radius 3 is 2.35 bits per heavy atom. The first kappa shape index (κ1) is 18.1.